The maximum Gasteiger partial charge on any atom is 0.338 e. The second-order valence-corrected chi connectivity index (χ2v) is 8.49. The van der Waals surface area contributed by atoms with Crippen LogP contribution in [0.4, 0.5) is 0 Å². The van der Waals surface area contributed by atoms with Gasteiger partial charge in [-0.1, -0.05) is 11.8 Å². The number of fused-ring (bicyclic) bond motifs is 1. The van der Waals surface area contributed by atoms with Crippen LogP contribution < -0.4 is 4.74 Å². The van der Waals surface area contributed by atoms with Crippen LogP contribution in [0.3, 0.4) is 0 Å². The third kappa shape index (κ3) is 4.28. The minimum absolute atomic E-state index is 0.0204. The Bertz CT molecular complexity index is 875. The van der Waals surface area contributed by atoms with Crippen LogP contribution in [0.25, 0.3) is 0 Å². The Morgan fingerprint density at radius 1 is 1.11 bits per heavy atom. The summed E-state index contributed by atoms with van der Waals surface area (Å²) in [5.41, 5.74) is 3.57. The molecule has 2 aromatic carbocycles. The average molecular weight is 399 g/mol. The molecule has 1 aliphatic heterocycles. The summed E-state index contributed by atoms with van der Waals surface area (Å²) in [6.07, 6.45) is 5.28. The molecule has 0 N–H and O–H groups in total. The van der Waals surface area contributed by atoms with Gasteiger partial charge in [0, 0.05) is 23.1 Å². The topological polar surface area (TPSA) is 35.5 Å². The van der Waals surface area contributed by atoms with Crippen molar-refractivity contribution in [1.82, 2.24) is 0 Å². The molecule has 0 radical (unpaired) electrons. The first-order chi connectivity index (χ1) is 13.1. The van der Waals surface area contributed by atoms with E-state index in [-0.39, 0.29) is 10.0 Å². The van der Waals surface area contributed by atoms with Crippen LogP contribution in [-0.4, -0.2) is 31.7 Å². The summed E-state index contributed by atoms with van der Waals surface area (Å²) in [6.45, 7) is 2.91. The Morgan fingerprint density at radius 2 is 1.78 bits per heavy atom. The standard InChI is InChI=1S/C22H22O3S2/c1-4-24-21(23)18-10-7-16(8-11-18)5-6-17-9-12-20-19(15-17)22(26-2,27-3)13-14-25-20/h7-12,15H,4,13-14H2,1-3H3. The van der Waals surface area contributed by atoms with E-state index in [1.54, 1.807) is 19.1 Å². The minimum Gasteiger partial charge on any atom is -0.493 e. The highest BCUT2D eigenvalue weighted by atomic mass is 32.2. The largest absolute Gasteiger partial charge is 0.493 e. The highest BCUT2D eigenvalue weighted by Gasteiger charge is 2.36. The fourth-order valence-corrected chi connectivity index (χ4v) is 5.02. The first-order valence-electron chi connectivity index (χ1n) is 8.78. The van der Waals surface area contributed by atoms with Gasteiger partial charge in [-0.3, -0.25) is 0 Å². The molecule has 0 bridgehead atoms. The Hall–Kier alpha value is -2.03. The van der Waals surface area contributed by atoms with Crippen molar-refractivity contribution in [2.24, 2.45) is 0 Å². The van der Waals surface area contributed by atoms with Crippen LogP contribution in [0.1, 0.15) is 40.4 Å². The first kappa shape index (κ1) is 19.7. The third-order valence-corrected chi connectivity index (χ3v) is 7.65. The average Bonchev–Trinajstić information content (AvgIpc) is 2.72. The Morgan fingerprint density at radius 3 is 2.44 bits per heavy atom. The van der Waals surface area contributed by atoms with E-state index in [2.05, 4.69) is 30.4 Å². The molecule has 0 amide bonds. The zero-order chi connectivity index (χ0) is 19.3. The minimum atomic E-state index is -0.308. The summed E-state index contributed by atoms with van der Waals surface area (Å²) in [7, 11) is 0. The van der Waals surface area contributed by atoms with Crippen molar-refractivity contribution in [2.75, 3.05) is 25.7 Å². The number of carbonyl (C=O) groups is 1. The fraction of sp³-hybridized carbons (Fsp3) is 0.318. The number of hydrogen-bond acceptors (Lipinski definition) is 5. The van der Waals surface area contributed by atoms with Crippen LogP contribution >= 0.6 is 23.5 Å². The second kappa shape index (κ2) is 8.77. The van der Waals surface area contributed by atoms with Gasteiger partial charge in [-0.2, -0.15) is 0 Å². The summed E-state index contributed by atoms with van der Waals surface area (Å²) in [5, 5.41) is 0. The highest BCUT2D eigenvalue weighted by Crippen LogP contribution is 2.52. The zero-order valence-electron chi connectivity index (χ0n) is 15.7. The van der Waals surface area contributed by atoms with Crippen molar-refractivity contribution >= 4 is 29.5 Å². The molecule has 0 saturated carbocycles. The lowest BCUT2D eigenvalue weighted by Gasteiger charge is -2.36. The number of esters is 1. The smallest absolute Gasteiger partial charge is 0.338 e. The van der Waals surface area contributed by atoms with Crippen LogP contribution in [-0.2, 0) is 8.82 Å². The lowest BCUT2D eigenvalue weighted by molar-refractivity contribution is 0.0526. The molecule has 0 aromatic heterocycles. The van der Waals surface area contributed by atoms with Gasteiger partial charge in [-0.25, -0.2) is 4.79 Å². The van der Waals surface area contributed by atoms with Crippen LogP contribution in [0.2, 0.25) is 0 Å². The summed E-state index contributed by atoms with van der Waals surface area (Å²) in [6, 6.07) is 13.3. The van der Waals surface area contributed by atoms with E-state index in [0.717, 1.165) is 29.9 Å². The molecule has 0 aliphatic carbocycles. The quantitative estimate of drug-likeness (QED) is 0.415. The molecule has 1 aliphatic rings. The van der Waals surface area contributed by atoms with Gasteiger partial charge in [0.05, 0.1) is 22.9 Å². The van der Waals surface area contributed by atoms with Crippen LogP contribution in [0, 0.1) is 11.8 Å². The van der Waals surface area contributed by atoms with Crippen LogP contribution in [0.5, 0.6) is 5.75 Å². The zero-order valence-corrected chi connectivity index (χ0v) is 17.3. The number of rotatable bonds is 4. The molecule has 3 rings (SSSR count). The van der Waals surface area contributed by atoms with E-state index < -0.39 is 0 Å². The molecule has 0 saturated heterocycles. The number of benzene rings is 2. The monoisotopic (exact) mass is 398 g/mol. The van der Waals surface area contributed by atoms with Crippen LogP contribution in [0.15, 0.2) is 42.5 Å². The summed E-state index contributed by atoms with van der Waals surface area (Å²) >= 11 is 3.72. The lowest BCUT2D eigenvalue weighted by atomic mass is 10.0. The molecule has 0 fully saturated rings. The van der Waals surface area contributed by atoms with Gasteiger partial charge in [-0.15, -0.1) is 23.5 Å². The van der Waals surface area contributed by atoms with Crippen molar-refractivity contribution in [3.05, 3.63) is 64.7 Å². The van der Waals surface area contributed by atoms with E-state index in [9.17, 15) is 4.79 Å². The van der Waals surface area contributed by atoms with Crippen molar-refractivity contribution in [2.45, 2.75) is 17.4 Å². The molecule has 2 aromatic rings. The molecule has 5 heteroatoms. The van der Waals surface area contributed by atoms with Gasteiger partial charge < -0.3 is 9.47 Å². The van der Waals surface area contributed by atoms with Gasteiger partial charge in [0.2, 0.25) is 0 Å². The molecule has 3 nitrogen and oxygen atoms in total. The molecule has 140 valence electrons. The lowest BCUT2D eigenvalue weighted by Crippen LogP contribution is -2.26. The van der Waals surface area contributed by atoms with E-state index in [1.165, 1.54) is 5.56 Å². The van der Waals surface area contributed by atoms with E-state index in [4.69, 9.17) is 9.47 Å². The van der Waals surface area contributed by atoms with Crippen molar-refractivity contribution < 1.29 is 14.3 Å². The van der Waals surface area contributed by atoms with Gasteiger partial charge in [0.15, 0.2) is 0 Å². The molecular formula is C22H22O3S2. The predicted molar refractivity (Wildman–Crippen MR) is 114 cm³/mol. The molecule has 27 heavy (non-hydrogen) atoms. The summed E-state index contributed by atoms with van der Waals surface area (Å²) < 4.78 is 10.9. The number of carbonyl (C=O) groups excluding carboxylic acids is 1. The Labute approximate surface area is 169 Å². The van der Waals surface area contributed by atoms with Gasteiger partial charge >= 0.3 is 5.97 Å². The predicted octanol–water partition coefficient (Wildman–Crippen LogP) is 4.92. The van der Waals surface area contributed by atoms with Gasteiger partial charge in [0.1, 0.15) is 5.75 Å². The van der Waals surface area contributed by atoms with E-state index in [1.807, 2.05) is 47.8 Å². The van der Waals surface area contributed by atoms with Crippen molar-refractivity contribution in [3.63, 3.8) is 0 Å². The van der Waals surface area contributed by atoms with Crippen molar-refractivity contribution in [3.8, 4) is 17.6 Å². The summed E-state index contributed by atoms with van der Waals surface area (Å²) in [5.74, 6) is 7.05. The van der Waals surface area contributed by atoms with E-state index >= 15 is 0 Å². The Balaban J connectivity index is 1.85. The molecular weight excluding hydrogens is 376 g/mol. The molecule has 0 atom stereocenters. The number of ether oxygens (including phenoxy) is 2. The fourth-order valence-electron chi connectivity index (χ4n) is 3.02. The molecule has 0 spiro atoms. The second-order valence-electron chi connectivity index (χ2n) is 6.02. The maximum absolute atomic E-state index is 11.7. The third-order valence-electron chi connectivity index (χ3n) is 4.49. The first-order valence-corrected chi connectivity index (χ1v) is 11.2. The van der Waals surface area contributed by atoms with Gasteiger partial charge in [0.25, 0.3) is 0 Å². The van der Waals surface area contributed by atoms with E-state index in [0.29, 0.717) is 12.2 Å². The normalized spacial score (nSPS) is 14.3. The molecule has 0 unspecified atom stereocenters. The van der Waals surface area contributed by atoms with Gasteiger partial charge in [-0.05, 0) is 61.9 Å². The van der Waals surface area contributed by atoms with Crippen molar-refractivity contribution in [1.29, 1.82) is 0 Å². The SMILES string of the molecule is CCOC(=O)c1ccc(C#Cc2ccc3c(c2)C(SC)(SC)CCO3)cc1. The highest BCUT2D eigenvalue weighted by molar-refractivity contribution is 8.16. The number of hydrogen-bond donors (Lipinski definition) is 0. The maximum atomic E-state index is 11.7. The summed E-state index contributed by atoms with van der Waals surface area (Å²) in [4.78, 5) is 11.7. The molecule has 1 heterocycles. The Kier molecular flexibility index (Phi) is 6.41. The number of thioether (sulfide) groups is 2.